The second kappa shape index (κ2) is 9.26. The zero-order chi connectivity index (χ0) is 24.8. The molecule has 0 bridgehead atoms. The number of H-pyrrole nitrogens is 1. The minimum absolute atomic E-state index is 0.591. The Morgan fingerprint density at radius 1 is 0.972 bits per heavy atom. The lowest BCUT2D eigenvalue weighted by atomic mass is 9.97. The molecule has 36 heavy (non-hydrogen) atoms. The van der Waals surface area contributed by atoms with Crippen LogP contribution in [0.2, 0.25) is 5.02 Å². The molecule has 2 aromatic carbocycles. The van der Waals surface area contributed by atoms with Gasteiger partial charge in [0.05, 0.1) is 10.7 Å². The van der Waals surface area contributed by atoms with Crippen molar-refractivity contribution >= 4 is 40.4 Å². The van der Waals surface area contributed by atoms with Crippen molar-refractivity contribution in [3.63, 3.8) is 0 Å². The number of amides is 1. The Labute approximate surface area is 216 Å². The minimum Gasteiger partial charge on any atom is -0.369 e. The topological polar surface area (TPSA) is 55.5 Å². The van der Waals surface area contributed by atoms with Crippen LogP contribution in [0.25, 0.3) is 33.4 Å². The largest absolute Gasteiger partial charge is 0.369 e. The van der Waals surface area contributed by atoms with Crippen LogP contribution in [0.15, 0.2) is 54.7 Å². The standard InChI is InChI=1S/C29H30ClN5O/c1-19(2)33-13-15-34(16-14-33)23-7-5-21(6-8-23)28-26(27-24(30)9-11-31-29(27)32-28)22-4-3-20-10-12-35(18-36)25(20)17-22/h3-9,11,17-19H,10,12-16H2,1-2H3,(H,31,32). The lowest BCUT2D eigenvalue weighted by molar-refractivity contribution is -0.107. The quantitative estimate of drug-likeness (QED) is 0.363. The van der Waals surface area contributed by atoms with Gasteiger partial charge in [0.2, 0.25) is 6.41 Å². The van der Waals surface area contributed by atoms with Crippen molar-refractivity contribution in [2.24, 2.45) is 0 Å². The maximum atomic E-state index is 11.6. The molecule has 1 fully saturated rings. The van der Waals surface area contributed by atoms with Crippen LogP contribution in [0.4, 0.5) is 11.4 Å². The summed E-state index contributed by atoms with van der Waals surface area (Å²) < 4.78 is 0. The van der Waals surface area contributed by atoms with Crippen molar-refractivity contribution in [1.29, 1.82) is 0 Å². The monoisotopic (exact) mass is 499 g/mol. The van der Waals surface area contributed by atoms with Crippen molar-refractivity contribution in [3.8, 4) is 22.4 Å². The van der Waals surface area contributed by atoms with Gasteiger partial charge in [-0.2, -0.15) is 0 Å². The maximum Gasteiger partial charge on any atom is 0.214 e. The first-order chi connectivity index (χ1) is 17.5. The van der Waals surface area contributed by atoms with E-state index >= 15 is 0 Å². The lowest BCUT2D eigenvalue weighted by Gasteiger charge is -2.38. The average molecular weight is 500 g/mol. The number of nitrogens with one attached hydrogen (secondary N) is 1. The number of pyridine rings is 1. The lowest BCUT2D eigenvalue weighted by Crippen LogP contribution is -2.48. The molecular formula is C29H30ClN5O. The number of carbonyl (C=O) groups excluding carboxylic acids is 1. The minimum atomic E-state index is 0.591. The summed E-state index contributed by atoms with van der Waals surface area (Å²) >= 11 is 6.71. The molecule has 4 aromatic rings. The molecule has 0 aliphatic carbocycles. The van der Waals surface area contributed by atoms with Crippen LogP contribution in [-0.4, -0.2) is 60.0 Å². The van der Waals surface area contributed by atoms with Gasteiger partial charge in [-0.05, 0) is 61.2 Å². The molecule has 0 atom stereocenters. The highest BCUT2D eigenvalue weighted by Gasteiger charge is 2.24. The van der Waals surface area contributed by atoms with E-state index in [-0.39, 0.29) is 0 Å². The molecule has 2 aliphatic rings. The van der Waals surface area contributed by atoms with E-state index < -0.39 is 0 Å². The highest BCUT2D eigenvalue weighted by molar-refractivity contribution is 6.36. The molecule has 184 valence electrons. The fourth-order valence-electron chi connectivity index (χ4n) is 5.59. The van der Waals surface area contributed by atoms with Gasteiger partial charge in [-0.3, -0.25) is 9.69 Å². The summed E-state index contributed by atoms with van der Waals surface area (Å²) in [6, 6.07) is 17.6. The van der Waals surface area contributed by atoms with Crippen LogP contribution in [0.1, 0.15) is 19.4 Å². The van der Waals surface area contributed by atoms with E-state index in [2.05, 4.69) is 76.1 Å². The molecule has 6 nitrogen and oxygen atoms in total. The fraction of sp³-hybridized carbons (Fsp3) is 0.310. The number of hydrogen-bond acceptors (Lipinski definition) is 4. The summed E-state index contributed by atoms with van der Waals surface area (Å²) in [7, 11) is 0. The van der Waals surface area contributed by atoms with E-state index in [0.717, 1.165) is 84.7 Å². The Balaban J connectivity index is 1.40. The zero-order valence-electron chi connectivity index (χ0n) is 20.7. The van der Waals surface area contributed by atoms with Crippen LogP contribution in [0.3, 0.4) is 0 Å². The van der Waals surface area contributed by atoms with Crippen LogP contribution in [0, 0.1) is 0 Å². The number of fused-ring (bicyclic) bond motifs is 2. The third-order valence-electron chi connectivity index (χ3n) is 7.64. The number of aromatic nitrogens is 2. The molecule has 0 saturated carbocycles. The van der Waals surface area contributed by atoms with Crippen LogP contribution in [-0.2, 0) is 11.2 Å². The van der Waals surface area contributed by atoms with Crippen LogP contribution in [0.5, 0.6) is 0 Å². The van der Waals surface area contributed by atoms with Crippen molar-refractivity contribution < 1.29 is 4.79 Å². The Morgan fingerprint density at radius 3 is 2.44 bits per heavy atom. The maximum absolute atomic E-state index is 11.6. The van der Waals surface area contributed by atoms with Crippen molar-refractivity contribution in [2.45, 2.75) is 26.3 Å². The summed E-state index contributed by atoms with van der Waals surface area (Å²) in [6.45, 7) is 9.51. The average Bonchev–Trinajstić information content (AvgIpc) is 3.50. The van der Waals surface area contributed by atoms with Crippen LogP contribution >= 0.6 is 11.6 Å². The number of rotatable bonds is 5. The predicted octanol–water partition coefficient (Wildman–Crippen LogP) is 5.60. The number of hydrogen-bond donors (Lipinski definition) is 1. The molecule has 4 heterocycles. The van der Waals surface area contributed by atoms with E-state index in [1.807, 2.05) is 6.07 Å². The highest BCUT2D eigenvalue weighted by Crippen LogP contribution is 2.43. The molecule has 0 spiro atoms. The summed E-state index contributed by atoms with van der Waals surface area (Å²) in [4.78, 5) is 26.5. The van der Waals surface area contributed by atoms with E-state index in [9.17, 15) is 4.79 Å². The third-order valence-corrected chi connectivity index (χ3v) is 7.96. The second-order valence-corrected chi connectivity index (χ2v) is 10.4. The molecule has 1 saturated heterocycles. The summed E-state index contributed by atoms with van der Waals surface area (Å²) in [5.74, 6) is 0. The third kappa shape index (κ3) is 3.94. The first-order valence-electron chi connectivity index (χ1n) is 12.6. The van der Waals surface area contributed by atoms with Gasteiger partial charge >= 0.3 is 0 Å². The molecule has 6 rings (SSSR count). The molecule has 2 aromatic heterocycles. The van der Waals surface area contributed by atoms with Gasteiger partial charge in [0.1, 0.15) is 5.65 Å². The summed E-state index contributed by atoms with van der Waals surface area (Å²) in [5, 5.41) is 1.56. The molecule has 7 heteroatoms. The van der Waals surface area contributed by atoms with Crippen molar-refractivity contribution in [1.82, 2.24) is 14.9 Å². The van der Waals surface area contributed by atoms with Gasteiger partial charge in [0.15, 0.2) is 0 Å². The van der Waals surface area contributed by atoms with Gasteiger partial charge in [0, 0.05) is 67.3 Å². The van der Waals surface area contributed by atoms with E-state index in [1.54, 1.807) is 11.1 Å². The van der Waals surface area contributed by atoms with Gasteiger partial charge in [-0.25, -0.2) is 4.98 Å². The molecule has 1 amide bonds. The van der Waals surface area contributed by atoms with Crippen molar-refractivity contribution in [3.05, 3.63) is 65.3 Å². The second-order valence-electron chi connectivity index (χ2n) is 9.95. The number of anilines is 2. The van der Waals surface area contributed by atoms with E-state index in [0.29, 0.717) is 11.1 Å². The number of aromatic amines is 1. The van der Waals surface area contributed by atoms with Gasteiger partial charge < -0.3 is 14.8 Å². The highest BCUT2D eigenvalue weighted by atomic mass is 35.5. The van der Waals surface area contributed by atoms with E-state index in [1.165, 1.54) is 11.3 Å². The molecule has 1 N–H and O–H groups in total. The van der Waals surface area contributed by atoms with E-state index in [4.69, 9.17) is 11.6 Å². The molecule has 2 aliphatic heterocycles. The molecular weight excluding hydrogens is 470 g/mol. The number of benzene rings is 2. The Bertz CT molecular complexity index is 1420. The Morgan fingerprint density at radius 2 is 1.72 bits per heavy atom. The Kier molecular flexibility index (Phi) is 5.94. The first-order valence-corrected chi connectivity index (χ1v) is 13.0. The summed E-state index contributed by atoms with van der Waals surface area (Å²) in [6.07, 6.45) is 3.52. The fourth-order valence-corrected chi connectivity index (χ4v) is 5.83. The number of nitrogens with zero attached hydrogens (tertiary/aromatic N) is 4. The summed E-state index contributed by atoms with van der Waals surface area (Å²) in [5.41, 5.74) is 8.27. The zero-order valence-corrected chi connectivity index (χ0v) is 21.4. The van der Waals surface area contributed by atoms with Crippen LogP contribution < -0.4 is 9.80 Å². The Hall–Kier alpha value is -3.35. The number of halogens is 1. The normalized spacial score (nSPS) is 16.2. The van der Waals surface area contributed by atoms with Gasteiger partial charge in [-0.15, -0.1) is 0 Å². The predicted molar refractivity (Wildman–Crippen MR) is 148 cm³/mol. The molecule has 0 unspecified atom stereocenters. The van der Waals surface area contributed by atoms with Crippen molar-refractivity contribution in [2.75, 3.05) is 42.5 Å². The smallest absolute Gasteiger partial charge is 0.214 e. The van der Waals surface area contributed by atoms with Gasteiger partial charge in [-0.1, -0.05) is 35.9 Å². The molecule has 0 radical (unpaired) electrons. The number of carbonyl (C=O) groups is 1. The SMILES string of the molecule is CC(C)N1CCN(c2ccc(-c3[nH]c4nccc(Cl)c4c3-c3ccc4c(c3)N(C=O)CC4)cc2)CC1. The van der Waals surface area contributed by atoms with Gasteiger partial charge in [0.25, 0.3) is 0 Å². The first kappa shape index (κ1) is 23.1. The number of piperazine rings is 1.